The molecule has 0 aromatic heterocycles. The summed E-state index contributed by atoms with van der Waals surface area (Å²) >= 11 is 6.46. The second-order valence-corrected chi connectivity index (χ2v) is 9.57. The summed E-state index contributed by atoms with van der Waals surface area (Å²) in [5, 5.41) is 6.36. The van der Waals surface area contributed by atoms with Crippen LogP contribution in [0.25, 0.3) is 0 Å². The van der Waals surface area contributed by atoms with E-state index >= 15 is 0 Å². The molecule has 4 amide bonds. The first-order chi connectivity index (χ1) is 17.9. The highest BCUT2D eigenvalue weighted by Gasteiger charge is 2.46. The lowest BCUT2D eigenvalue weighted by Crippen LogP contribution is -2.49. The van der Waals surface area contributed by atoms with E-state index in [4.69, 9.17) is 11.6 Å². The highest BCUT2D eigenvalue weighted by atomic mass is 35.5. The first-order valence-electron chi connectivity index (χ1n) is 12.1. The molecule has 3 aromatic carbocycles. The fraction of sp³-hybridized carbons (Fsp3) is 0.207. The van der Waals surface area contributed by atoms with Gasteiger partial charge in [0.15, 0.2) is 0 Å². The van der Waals surface area contributed by atoms with Crippen LogP contribution in [0.4, 0.5) is 4.79 Å². The number of amides is 4. The molecule has 0 radical (unpaired) electrons. The van der Waals surface area contributed by atoms with Crippen LogP contribution in [0.3, 0.4) is 0 Å². The number of nitrogens with zero attached hydrogens (tertiary/aromatic N) is 2. The van der Waals surface area contributed by atoms with Crippen LogP contribution in [-0.4, -0.2) is 47.3 Å². The van der Waals surface area contributed by atoms with Crippen molar-refractivity contribution < 1.29 is 14.4 Å². The summed E-state index contributed by atoms with van der Waals surface area (Å²) in [6.45, 7) is 0.498. The minimum atomic E-state index is -0.764. The van der Waals surface area contributed by atoms with Crippen LogP contribution in [0.5, 0.6) is 0 Å². The average Bonchev–Trinajstić information content (AvgIpc) is 3.26. The molecule has 188 valence electrons. The number of likely N-dealkylation sites (N-methyl/N-ethyl adjacent to an activating group) is 1. The van der Waals surface area contributed by atoms with E-state index in [1.165, 1.54) is 4.90 Å². The van der Waals surface area contributed by atoms with E-state index in [1.54, 1.807) is 30.1 Å². The fourth-order valence-corrected chi connectivity index (χ4v) is 5.11. The Morgan fingerprint density at radius 2 is 1.59 bits per heavy atom. The standard InChI is InChI=1S/C29H27ClN4O3/c1-33-24-18-34(28(36)25(24)26(32-29(33)37)21-14-8-9-15-22(21)30)23(16-19-10-4-2-5-11-19)27(35)31-17-20-12-6-3-7-13-20/h2-15,23,26H,16-18H2,1H3,(H,31,35)(H,32,37). The molecule has 0 saturated carbocycles. The van der Waals surface area contributed by atoms with Gasteiger partial charge in [0.05, 0.1) is 23.9 Å². The largest absolute Gasteiger partial charge is 0.350 e. The van der Waals surface area contributed by atoms with Crippen LogP contribution in [0.1, 0.15) is 22.7 Å². The van der Waals surface area contributed by atoms with Crippen molar-refractivity contribution in [1.29, 1.82) is 0 Å². The average molecular weight is 515 g/mol. The van der Waals surface area contributed by atoms with Gasteiger partial charge in [-0.1, -0.05) is 90.5 Å². The maximum absolute atomic E-state index is 14.0. The van der Waals surface area contributed by atoms with E-state index in [0.717, 1.165) is 11.1 Å². The van der Waals surface area contributed by atoms with Gasteiger partial charge in [0.25, 0.3) is 5.91 Å². The molecule has 5 rings (SSSR count). The lowest BCUT2D eigenvalue weighted by Gasteiger charge is -2.31. The Bertz CT molecular complexity index is 1360. The van der Waals surface area contributed by atoms with E-state index in [2.05, 4.69) is 10.6 Å². The first-order valence-corrected chi connectivity index (χ1v) is 12.5. The van der Waals surface area contributed by atoms with Crippen molar-refractivity contribution in [2.75, 3.05) is 13.6 Å². The number of benzene rings is 3. The predicted octanol–water partition coefficient (Wildman–Crippen LogP) is 4.06. The minimum Gasteiger partial charge on any atom is -0.350 e. The molecular formula is C29H27ClN4O3. The van der Waals surface area contributed by atoms with Gasteiger partial charge >= 0.3 is 6.03 Å². The molecule has 0 aliphatic carbocycles. The summed E-state index contributed by atoms with van der Waals surface area (Å²) in [4.78, 5) is 43.4. The van der Waals surface area contributed by atoms with Crippen LogP contribution < -0.4 is 10.6 Å². The van der Waals surface area contributed by atoms with Crippen molar-refractivity contribution in [3.05, 3.63) is 118 Å². The number of carbonyl (C=O) groups excluding carboxylic acids is 3. The molecule has 2 N–H and O–H groups in total. The molecule has 0 bridgehead atoms. The van der Waals surface area contributed by atoms with Crippen molar-refractivity contribution in [1.82, 2.24) is 20.4 Å². The Hall–Kier alpha value is -4.10. The highest BCUT2D eigenvalue weighted by Crippen LogP contribution is 2.38. The monoisotopic (exact) mass is 514 g/mol. The Balaban J connectivity index is 1.46. The highest BCUT2D eigenvalue weighted by molar-refractivity contribution is 6.31. The SMILES string of the molecule is CN1C(=O)NC(c2ccccc2Cl)C2=C1CN(C(Cc1ccccc1)C(=O)NCc1ccccc1)C2=O. The molecule has 0 saturated heterocycles. The molecule has 7 nitrogen and oxygen atoms in total. The predicted molar refractivity (Wildman–Crippen MR) is 141 cm³/mol. The number of hydrogen-bond donors (Lipinski definition) is 2. The van der Waals surface area contributed by atoms with Crippen LogP contribution in [0.15, 0.2) is 96.2 Å². The second-order valence-electron chi connectivity index (χ2n) is 9.17. The Labute approximate surface area is 220 Å². The van der Waals surface area contributed by atoms with Gasteiger partial charge in [-0.05, 0) is 22.8 Å². The summed E-state index contributed by atoms with van der Waals surface area (Å²) < 4.78 is 0. The lowest BCUT2D eigenvalue weighted by molar-refractivity contribution is -0.136. The molecule has 2 aliphatic heterocycles. The third-order valence-electron chi connectivity index (χ3n) is 6.86. The number of hydrogen-bond acceptors (Lipinski definition) is 3. The summed E-state index contributed by atoms with van der Waals surface area (Å²) in [5.41, 5.74) is 3.55. The van der Waals surface area contributed by atoms with E-state index < -0.39 is 12.1 Å². The fourth-order valence-electron chi connectivity index (χ4n) is 4.87. The van der Waals surface area contributed by atoms with Gasteiger partial charge in [-0.3, -0.25) is 14.5 Å². The van der Waals surface area contributed by atoms with Crippen LogP contribution in [0, 0.1) is 0 Å². The summed E-state index contributed by atoms with van der Waals surface area (Å²) in [7, 11) is 1.63. The number of halogens is 1. The van der Waals surface area contributed by atoms with Crippen LogP contribution in [-0.2, 0) is 22.6 Å². The van der Waals surface area contributed by atoms with Gasteiger partial charge < -0.3 is 15.5 Å². The Morgan fingerprint density at radius 1 is 0.973 bits per heavy atom. The quantitative estimate of drug-likeness (QED) is 0.499. The summed E-state index contributed by atoms with van der Waals surface area (Å²) in [6, 6.07) is 24.6. The van der Waals surface area contributed by atoms with Crippen molar-refractivity contribution in [3.63, 3.8) is 0 Å². The van der Waals surface area contributed by atoms with Crippen LogP contribution >= 0.6 is 11.6 Å². The first kappa shape index (κ1) is 24.6. The maximum Gasteiger partial charge on any atom is 0.322 e. The maximum atomic E-state index is 14.0. The third kappa shape index (κ3) is 4.95. The number of rotatable bonds is 7. The molecule has 2 heterocycles. The van der Waals surface area contributed by atoms with Gasteiger partial charge in [0.1, 0.15) is 6.04 Å². The van der Waals surface area contributed by atoms with Crippen molar-refractivity contribution in [2.24, 2.45) is 0 Å². The van der Waals surface area contributed by atoms with Gasteiger partial charge in [0.2, 0.25) is 5.91 Å². The molecule has 37 heavy (non-hydrogen) atoms. The molecule has 2 unspecified atom stereocenters. The molecule has 8 heteroatoms. The molecule has 3 aromatic rings. The number of carbonyl (C=O) groups is 3. The minimum absolute atomic E-state index is 0.148. The second kappa shape index (κ2) is 10.5. The number of nitrogens with one attached hydrogen (secondary N) is 2. The third-order valence-corrected chi connectivity index (χ3v) is 7.21. The Morgan fingerprint density at radius 3 is 2.27 bits per heavy atom. The molecule has 2 atom stereocenters. The molecule has 2 aliphatic rings. The van der Waals surface area contributed by atoms with Gasteiger partial charge in [-0.2, -0.15) is 0 Å². The van der Waals surface area contributed by atoms with E-state index in [9.17, 15) is 14.4 Å². The van der Waals surface area contributed by atoms with Gasteiger partial charge in [-0.25, -0.2) is 4.79 Å². The topological polar surface area (TPSA) is 81.8 Å². The van der Waals surface area contributed by atoms with E-state index in [-0.39, 0.29) is 24.4 Å². The van der Waals surface area contributed by atoms with E-state index in [1.807, 2.05) is 66.7 Å². The Kier molecular flexibility index (Phi) is 6.97. The summed E-state index contributed by atoms with van der Waals surface area (Å²) in [5.74, 6) is -0.542. The van der Waals surface area contributed by atoms with Gasteiger partial charge in [-0.15, -0.1) is 0 Å². The zero-order valence-electron chi connectivity index (χ0n) is 20.4. The molecule has 0 fully saturated rings. The van der Waals surface area contributed by atoms with E-state index in [0.29, 0.717) is 34.8 Å². The zero-order chi connectivity index (χ0) is 25.9. The normalized spacial score (nSPS) is 17.9. The van der Waals surface area contributed by atoms with Crippen LogP contribution in [0.2, 0.25) is 5.02 Å². The molecule has 0 spiro atoms. The van der Waals surface area contributed by atoms with Crippen molar-refractivity contribution >= 4 is 29.4 Å². The smallest absolute Gasteiger partial charge is 0.322 e. The number of urea groups is 1. The lowest BCUT2D eigenvalue weighted by atomic mass is 9.95. The van der Waals surface area contributed by atoms with Crippen molar-refractivity contribution in [2.45, 2.75) is 25.0 Å². The molecular weight excluding hydrogens is 488 g/mol. The van der Waals surface area contributed by atoms with Gasteiger partial charge in [0, 0.05) is 25.0 Å². The van der Waals surface area contributed by atoms with Crippen molar-refractivity contribution in [3.8, 4) is 0 Å². The zero-order valence-corrected chi connectivity index (χ0v) is 21.1. The summed E-state index contributed by atoms with van der Waals surface area (Å²) in [6.07, 6.45) is 0.343.